The molecule has 0 amide bonds. The molecule has 0 saturated carbocycles. The summed E-state index contributed by atoms with van der Waals surface area (Å²) in [6.45, 7) is 7.58. The largest absolute Gasteiger partial charge is 0.299 e. The van der Waals surface area contributed by atoms with E-state index in [4.69, 9.17) is 0 Å². The average Bonchev–Trinajstić information content (AvgIpc) is 2.14. The molecule has 1 nitrogen and oxygen atoms in total. The number of carbonyl (C=O) groups is 1. The van der Waals surface area contributed by atoms with Crippen molar-refractivity contribution in [3.05, 3.63) is 36.5 Å². The average molecular weight is 178 g/mol. The number of ketones is 1. The molecular formula is C12H18O. The van der Waals surface area contributed by atoms with Crippen LogP contribution in [0.25, 0.3) is 0 Å². The molecule has 0 aromatic carbocycles. The van der Waals surface area contributed by atoms with Crippen LogP contribution in [0.5, 0.6) is 0 Å². The topological polar surface area (TPSA) is 17.1 Å². The fourth-order valence-corrected chi connectivity index (χ4v) is 0.947. The van der Waals surface area contributed by atoms with Gasteiger partial charge in [0.25, 0.3) is 0 Å². The van der Waals surface area contributed by atoms with E-state index in [0.717, 1.165) is 12.0 Å². The van der Waals surface area contributed by atoms with Crippen molar-refractivity contribution in [3.8, 4) is 0 Å². The molecule has 0 atom stereocenters. The number of hydrogen-bond acceptors (Lipinski definition) is 1. The standard InChI is InChI=1S/C12H18O/c1-4-7-9-11(8-5-2)10-12(13)6-3/h5,7-9H,2,4,6,10H2,1,3H3/b9-7-,11-8+. The van der Waals surface area contributed by atoms with Crippen LogP contribution in [0.2, 0.25) is 0 Å². The summed E-state index contributed by atoms with van der Waals surface area (Å²) in [6, 6.07) is 0. The van der Waals surface area contributed by atoms with Crippen LogP contribution in [-0.2, 0) is 4.79 Å². The maximum absolute atomic E-state index is 11.2. The summed E-state index contributed by atoms with van der Waals surface area (Å²) in [5.74, 6) is 0.272. The van der Waals surface area contributed by atoms with Crippen molar-refractivity contribution in [1.82, 2.24) is 0 Å². The molecule has 0 radical (unpaired) electrons. The summed E-state index contributed by atoms with van der Waals surface area (Å²) in [6.07, 6.45) is 9.79. The van der Waals surface area contributed by atoms with Gasteiger partial charge in [0.2, 0.25) is 0 Å². The quantitative estimate of drug-likeness (QED) is 0.569. The second-order valence-corrected chi connectivity index (χ2v) is 2.86. The first-order chi connectivity index (χ1) is 6.24. The minimum atomic E-state index is 0.272. The van der Waals surface area contributed by atoms with E-state index in [9.17, 15) is 4.79 Å². The zero-order valence-electron chi connectivity index (χ0n) is 8.55. The molecule has 0 aromatic heterocycles. The Hall–Kier alpha value is -1.11. The zero-order valence-corrected chi connectivity index (χ0v) is 8.55. The second kappa shape index (κ2) is 7.53. The molecule has 13 heavy (non-hydrogen) atoms. The summed E-state index contributed by atoms with van der Waals surface area (Å²) < 4.78 is 0. The highest BCUT2D eigenvalue weighted by atomic mass is 16.1. The van der Waals surface area contributed by atoms with Crippen molar-refractivity contribution in [2.45, 2.75) is 33.1 Å². The Kier molecular flexibility index (Phi) is 6.89. The lowest BCUT2D eigenvalue weighted by Gasteiger charge is -1.98. The fourth-order valence-electron chi connectivity index (χ4n) is 0.947. The maximum atomic E-state index is 11.2. The third-order valence-corrected chi connectivity index (χ3v) is 1.70. The summed E-state index contributed by atoms with van der Waals surface area (Å²) in [5, 5.41) is 0. The van der Waals surface area contributed by atoms with Crippen LogP contribution in [-0.4, -0.2) is 5.78 Å². The third-order valence-electron chi connectivity index (χ3n) is 1.70. The number of rotatable bonds is 6. The Morgan fingerprint density at radius 1 is 1.38 bits per heavy atom. The lowest BCUT2D eigenvalue weighted by atomic mass is 10.1. The van der Waals surface area contributed by atoms with Crippen LogP contribution in [0, 0.1) is 0 Å². The molecule has 1 heteroatoms. The van der Waals surface area contributed by atoms with Gasteiger partial charge in [-0.3, -0.25) is 4.79 Å². The van der Waals surface area contributed by atoms with Crippen molar-refractivity contribution in [2.24, 2.45) is 0 Å². The van der Waals surface area contributed by atoms with Gasteiger partial charge in [0.05, 0.1) is 0 Å². The molecule has 0 spiro atoms. The maximum Gasteiger partial charge on any atom is 0.136 e. The second-order valence-electron chi connectivity index (χ2n) is 2.86. The van der Waals surface area contributed by atoms with Gasteiger partial charge < -0.3 is 0 Å². The van der Waals surface area contributed by atoms with E-state index in [2.05, 4.69) is 19.6 Å². The van der Waals surface area contributed by atoms with Gasteiger partial charge in [0, 0.05) is 12.8 Å². The molecule has 0 aromatic rings. The number of allylic oxidation sites excluding steroid dienone is 5. The van der Waals surface area contributed by atoms with Crippen LogP contribution in [0.4, 0.5) is 0 Å². The number of hydrogen-bond donors (Lipinski definition) is 0. The van der Waals surface area contributed by atoms with Crippen molar-refractivity contribution in [3.63, 3.8) is 0 Å². The first-order valence-corrected chi connectivity index (χ1v) is 4.74. The Morgan fingerprint density at radius 3 is 2.54 bits per heavy atom. The lowest BCUT2D eigenvalue weighted by Crippen LogP contribution is -1.95. The van der Waals surface area contributed by atoms with Crippen molar-refractivity contribution < 1.29 is 4.79 Å². The van der Waals surface area contributed by atoms with E-state index in [1.165, 1.54) is 0 Å². The number of Topliss-reactive ketones (excluding diaryl/α,β-unsaturated/α-hetero) is 1. The smallest absolute Gasteiger partial charge is 0.136 e. The SMILES string of the molecule is C=C/C=C(\C=C/CC)CC(=O)CC. The third kappa shape index (κ3) is 6.09. The predicted octanol–water partition coefficient (Wildman–Crippen LogP) is 3.43. The molecule has 72 valence electrons. The summed E-state index contributed by atoms with van der Waals surface area (Å²) in [5.41, 5.74) is 1.05. The van der Waals surface area contributed by atoms with Gasteiger partial charge in [-0.25, -0.2) is 0 Å². The van der Waals surface area contributed by atoms with Gasteiger partial charge in [-0.2, -0.15) is 0 Å². The van der Waals surface area contributed by atoms with Gasteiger partial charge >= 0.3 is 0 Å². The van der Waals surface area contributed by atoms with E-state index < -0.39 is 0 Å². The fraction of sp³-hybridized carbons (Fsp3) is 0.417. The van der Waals surface area contributed by atoms with E-state index in [0.29, 0.717) is 12.8 Å². The van der Waals surface area contributed by atoms with Crippen LogP contribution >= 0.6 is 0 Å². The Morgan fingerprint density at radius 2 is 2.08 bits per heavy atom. The van der Waals surface area contributed by atoms with E-state index >= 15 is 0 Å². The highest BCUT2D eigenvalue weighted by Crippen LogP contribution is 2.06. The van der Waals surface area contributed by atoms with Crippen molar-refractivity contribution >= 4 is 5.78 Å². The zero-order chi connectivity index (χ0) is 10.1. The van der Waals surface area contributed by atoms with Crippen molar-refractivity contribution in [2.75, 3.05) is 0 Å². The van der Waals surface area contributed by atoms with Crippen LogP contribution in [0.3, 0.4) is 0 Å². The molecule has 0 saturated heterocycles. The molecule has 0 rings (SSSR count). The molecule has 0 aliphatic rings. The monoisotopic (exact) mass is 178 g/mol. The first-order valence-electron chi connectivity index (χ1n) is 4.74. The van der Waals surface area contributed by atoms with Gasteiger partial charge in [-0.1, -0.05) is 44.7 Å². The van der Waals surface area contributed by atoms with Crippen LogP contribution < -0.4 is 0 Å². The minimum absolute atomic E-state index is 0.272. The predicted molar refractivity (Wildman–Crippen MR) is 57.6 cm³/mol. The summed E-state index contributed by atoms with van der Waals surface area (Å²) in [7, 11) is 0. The highest BCUT2D eigenvalue weighted by molar-refractivity contribution is 5.81. The molecule has 0 aliphatic heterocycles. The van der Waals surface area contributed by atoms with Crippen LogP contribution in [0.15, 0.2) is 36.5 Å². The lowest BCUT2D eigenvalue weighted by molar-refractivity contribution is -0.118. The van der Waals surface area contributed by atoms with Gasteiger partial charge in [-0.15, -0.1) is 0 Å². The normalized spacial score (nSPS) is 12.0. The highest BCUT2D eigenvalue weighted by Gasteiger charge is 1.99. The molecule has 0 N–H and O–H groups in total. The van der Waals surface area contributed by atoms with Gasteiger partial charge in [-0.05, 0) is 12.0 Å². The van der Waals surface area contributed by atoms with E-state index in [1.54, 1.807) is 6.08 Å². The Balaban J connectivity index is 4.26. The molecule has 0 unspecified atom stereocenters. The minimum Gasteiger partial charge on any atom is -0.299 e. The molecular weight excluding hydrogens is 160 g/mol. The molecule has 0 heterocycles. The Labute approximate surface area is 80.8 Å². The van der Waals surface area contributed by atoms with E-state index in [1.807, 2.05) is 19.1 Å². The Bertz CT molecular complexity index is 221. The summed E-state index contributed by atoms with van der Waals surface area (Å²) >= 11 is 0. The van der Waals surface area contributed by atoms with Crippen molar-refractivity contribution in [1.29, 1.82) is 0 Å². The van der Waals surface area contributed by atoms with Gasteiger partial charge in [0.1, 0.15) is 5.78 Å². The summed E-state index contributed by atoms with van der Waals surface area (Å²) in [4.78, 5) is 11.2. The molecule has 0 fully saturated rings. The first kappa shape index (κ1) is 11.9. The van der Waals surface area contributed by atoms with Gasteiger partial charge in [0.15, 0.2) is 0 Å². The molecule has 0 aliphatic carbocycles. The van der Waals surface area contributed by atoms with Crippen LogP contribution in [0.1, 0.15) is 33.1 Å². The van der Waals surface area contributed by atoms with E-state index in [-0.39, 0.29) is 5.78 Å². The number of carbonyl (C=O) groups excluding carboxylic acids is 1. The molecule has 0 bridgehead atoms.